The van der Waals surface area contributed by atoms with Crippen molar-refractivity contribution in [2.75, 3.05) is 17.6 Å². The largest absolute Gasteiger partial charge is 0.508 e. The highest BCUT2D eigenvalue weighted by atomic mass is 32.2. The van der Waals surface area contributed by atoms with Gasteiger partial charge in [0.25, 0.3) is 0 Å². The van der Waals surface area contributed by atoms with Gasteiger partial charge >= 0.3 is 0 Å². The van der Waals surface area contributed by atoms with Crippen LogP contribution in [0.25, 0.3) is 0 Å². The maximum atomic E-state index is 9.44. The van der Waals surface area contributed by atoms with E-state index in [9.17, 15) is 5.11 Å². The molecule has 15 heavy (non-hydrogen) atoms. The first-order valence-electron chi connectivity index (χ1n) is 5.47. The first kappa shape index (κ1) is 9.40. The summed E-state index contributed by atoms with van der Waals surface area (Å²) in [6, 6.07) is 5.60. The molecule has 3 rings (SSSR count). The van der Waals surface area contributed by atoms with Crippen LogP contribution in [-0.4, -0.2) is 17.4 Å². The van der Waals surface area contributed by atoms with Crippen LogP contribution in [0.1, 0.15) is 19.3 Å². The van der Waals surface area contributed by atoms with E-state index in [-0.39, 0.29) is 0 Å². The number of aromatic hydroxyl groups is 1. The summed E-state index contributed by atoms with van der Waals surface area (Å²) in [5.41, 5.74) is 1.71. The lowest BCUT2D eigenvalue weighted by Gasteiger charge is -2.40. The molecule has 1 fully saturated rings. The van der Waals surface area contributed by atoms with E-state index in [0.29, 0.717) is 11.2 Å². The van der Waals surface area contributed by atoms with Gasteiger partial charge in [0.05, 0.1) is 0 Å². The number of thioether (sulfide) groups is 1. The molecular weight excluding hydrogens is 206 g/mol. The quantitative estimate of drug-likeness (QED) is 0.660. The predicted octanol–water partition coefficient (Wildman–Crippen LogP) is 3.08. The molecule has 2 nitrogen and oxygen atoms in total. The van der Waals surface area contributed by atoms with Crippen LogP contribution in [0, 0.1) is 5.41 Å². The Morgan fingerprint density at radius 2 is 2.20 bits per heavy atom. The lowest BCUT2D eigenvalue weighted by Crippen LogP contribution is -2.37. The average molecular weight is 221 g/mol. The van der Waals surface area contributed by atoms with E-state index >= 15 is 0 Å². The maximum absolute atomic E-state index is 9.44. The van der Waals surface area contributed by atoms with Crippen LogP contribution in [0.3, 0.4) is 0 Å². The molecule has 1 spiro atoms. The number of hydrogen-bond donors (Lipinski definition) is 2. The number of nitrogens with one attached hydrogen (secondary N) is 1. The van der Waals surface area contributed by atoms with Crippen molar-refractivity contribution in [3.63, 3.8) is 0 Å². The van der Waals surface area contributed by atoms with Gasteiger partial charge in [0.15, 0.2) is 0 Å². The van der Waals surface area contributed by atoms with E-state index < -0.39 is 0 Å². The Morgan fingerprint density at radius 3 is 2.93 bits per heavy atom. The summed E-state index contributed by atoms with van der Waals surface area (Å²) in [6.45, 7) is 1.10. The minimum absolute atomic E-state index is 0.368. The Hall–Kier alpha value is -0.830. The van der Waals surface area contributed by atoms with Crippen LogP contribution in [0.15, 0.2) is 23.1 Å². The second kappa shape index (κ2) is 3.34. The molecular formula is C12H15NOS. The summed E-state index contributed by atoms with van der Waals surface area (Å²) < 4.78 is 0. The van der Waals surface area contributed by atoms with Gasteiger partial charge in [-0.3, -0.25) is 0 Å². The molecule has 1 aliphatic heterocycles. The molecule has 0 unspecified atom stereocenters. The topological polar surface area (TPSA) is 32.3 Å². The summed E-state index contributed by atoms with van der Waals surface area (Å²) in [5.74, 6) is 1.56. The van der Waals surface area contributed by atoms with Gasteiger partial charge in [-0.2, -0.15) is 0 Å². The minimum Gasteiger partial charge on any atom is -0.508 e. The standard InChI is InChI=1S/C12H15NOS/c14-9-2-3-10-11(6-9)15-8-12(7-13-10)4-1-5-12/h2-3,6,13-14H,1,4-5,7-8H2. The summed E-state index contributed by atoms with van der Waals surface area (Å²) >= 11 is 1.88. The third-order valence-electron chi connectivity index (χ3n) is 3.57. The molecule has 2 aliphatic rings. The highest BCUT2D eigenvalue weighted by Gasteiger charge is 2.38. The smallest absolute Gasteiger partial charge is 0.116 e. The van der Waals surface area contributed by atoms with Crippen LogP contribution in [-0.2, 0) is 0 Å². The lowest BCUT2D eigenvalue weighted by molar-refractivity contribution is 0.187. The van der Waals surface area contributed by atoms with Crippen molar-refractivity contribution >= 4 is 17.4 Å². The van der Waals surface area contributed by atoms with Crippen molar-refractivity contribution in [2.24, 2.45) is 5.41 Å². The monoisotopic (exact) mass is 221 g/mol. The van der Waals surface area contributed by atoms with Gasteiger partial charge in [0.2, 0.25) is 0 Å². The van der Waals surface area contributed by atoms with E-state index in [4.69, 9.17) is 0 Å². The maximum Gasteiger partial charge on any atom is 0.116 e. The molecule has 1 aromatic rings. The molecule has 3 heteroatoms. The van der Waals surface area contributed by atoms with Crippen LogP contribution < -0.4 is 5.32 Å². The van der Waals surface area contributed by atoms with E-state index in [0.717, 1.165) is 6.54 Å². The number of benzene rings is 1. The zero-order valence-corrected chi connectivity index (χ0v) is 9.44. The first-order chi connectivity index (χ1) is 7.27. The first-order valence-corrected chi connectivity index (χ1v) is 6.46. The van der Waals surface area contributed by atoms with Gasteiger partial charge in [0, 0.05) is 22.9 Å². The van der Waals surface area contributed by atoms with Gasteiger partial charge < -0.3 is 10.4 Å². The van der Waals surface area contributed by atoms with Gasteiger partial charge in [-0.1, -0.05) is 6.42 Å². The molecule has 0 atom stereocenters. The molecule has 1 saturated carbocycles. The molecule has 0 saturated heterocycles. The van der Waals surface area contributed by atoms with E-state index in [1.807, 2.05) is 23.9 Å². The van der Waals surface area contributed by atoms with Crippen molar-refractivity contribution in [3.8, 4) is 5.75 Å². The number of fused-ring (bicyclic) bond motifs is 1. The second-order valence-electron chi connectivity index (χ2n) is 4.68. The molecule has 80 valence electrons. The number of anilines is 1. The van der Waals surface area contributed by atoms with Crippen molar-refractivity contribution in [3.05, 3.63) is 18.2 Å². The SMILES string of the molecule is Oc1ccc2c(c1)SCC1(CCC1)CN2. The fraction of sp³-hybridized carbons (Fsp3) is 0.500. The summed E-state index contributed by atoms with van der Waals surface area (Å²) in [7, 11) is 0. The fourth-order valence-corrected chi connectivity index (χ4v) is 3.69. The molecule has 1 heterocycles. The lowest BCUT2D eigenvalue weighted by atomic mass is 9.70. The Labute approximate surface area is 94.1 Å². The van der Waals surface area contributed by atoms with Gasteiger partial charge in [0.1, 0.15) is 5.75 Å². The van der Waals surface area contributed by atoms with Crippen molar-refractivity contribution in [2.45, 2.75) is 24.2 Å². The van der Waals surface area contributed by atoms with E-state index in [2.05, 4.69) is 5.32 Å². The second-order valence-corrected chi connectivity index (χ2v) is 5.69. The van der Waals surface area contributed by atoms with Gasteiger partial charge in [-0.25, -0.2) is 0 Å². The number of rotatable bonds is 0. The number of phenols is 1. The molecule has 1 aromatic carbocycles. The Kier molecular flexibility index (Phi) is 2.09. The van der Waals surface area contributed by atoms with E-state index in [1.165, 1.54) is 35.6 Å². The molecule has 0 bridgehead atoms. The van der Waals surface area contributed by atoms with Crippen molar-refractivity contribution in [1.82, 2.24) is 0 Å². The summed E-state index contributed by atoms with van der Waals surface area (Å²) in [6.07, 6.45) is 4.09. The Morgan fingerprint density at radius 1 is 1.33 bits per heavy atom. The molecule has 0 amide bonds. The third kappa shape index (κ3) is 1.59. The zero-order chi connectivity index (χ0) is 10.3. The zero-order valence-electron chi connectivity index (χ0n) is 8.62. The van der Waals surface area contributed by atoms with Gasteiger partial charge in [-0.15, -0.1) is 11.8 Å². The van der Waals surface area contributed by atoms with Crippen LogP contribution >= 0.6 is 11.8 Å². The fourth-order valence-electron chi connectivity index (χ4n) is 2.34. The highest BCUT2D eigenvalue weighted by molar-refractivity contribution is 7.99. The summed E-state index contributed by atoms with van der Waals surface area (Å²) in [4.78, 5) is 1.19. The minimum atomic E-state index is 0.368. The average Bonchev–Trinajstić information content (AvgIpc) is 2.36. The number of phenolic OH excluding ortho intramolecular Hbond substituents is 1. The molecule has 1 aliphatic carbocycles. The predicted molar refractivity (Wildman–Crippen MR) is 63.6 cm³/mol. The van der Waals surface area contributed by atoms with Crippen molar-refractivity contribution < 1.29 is 5.11 Å². The van der Waals surface area contributed by atoms with E-state index in [1.54, 1.807) is 6.07 Å². The number of hydrogen-bond acceptors (Lipinski definition) is 3. The van der Waals surface area contributed by atoms with Crippen LogP contribution in [0.4, 0.5) is 5.69 Å². The normalized spacial score (nSPS) is 22.4. The van der Waals surface area contributed by atoms with Crippen molar-refractivity contribution in [1.29, 1.82) is 0 Å². The van der Waals surface area contributed by atoms with Crippen LogP contribution in [0.2, 0.25) is 0 Å². The Bertz CT molecular complexity index is 387. The Balaban J connectivity index is 1.88. The molecule has 0 radical (unpaired) electrons. The van der Waals surface area contributed by atoms with Crippen LogP contribution in [0.5, 0.6) is 5.75 Å². The van der Waals surface area contributed by atoms with Gasteiger partial charge in [-0.05, 0) is 36.5 Å². The molecule has 2 N–H and O–H groups in total. The summed E-state index contributed by atoms with van der Waals surface area (Å²) in [5, 5.41) is 13.0. The molecule has 0 aromatic heterocycles. The third-order valence-corrected chi connectivity index (χ3v) is 4.97. The highest BCUT2D eigenvalue weighted by Crippen LogP contribution is 2.48.